The number of aromatic nitrogens is 2. The molecule has 10 nitrogen and oxygen atoms in total. The number of fused-ring (bicyclic) bond motifs is 3. The van der Waals surface area contributed by atoms with Gasteiger partial charge >= 0.3 is 0 Å². The number of morpholine rings is 1. The Balaban J connectivity index is 1.45. The second-order valence-electron chi connectivity index (χ2n) is 7.76. The minimum absolute atomic E-state index is 0.112. The van der Waals surface area contributed by atoms with Crippen LogP contribution in [0.2, 0.25) is 0 Å². The van der Waals surface area contributed by atoms with E-state index < -0.39 is 12.4 Å². The molecule has 164 valence electrons. The van der Waals surface area contributed by atoms with Gasteiger partial charge in [0.1, 0.15) is 23.6 Å². The summed E-state index contributed by atoms with van der Waals surface area (Å²) in [6.07, 6.45) is 0.0812. The van der Waals surface area contributed by atoms with Crippen molar-refractivity contribution >= 4 is 28.8 Å². The number of carbonyl (C=O) groups is 1. The van der Waals surface area contributed by atoms with Gasteiger partial charge in [0.05, 0.1) is 17.1 Å². The van der Waals surface area contributed by atoms with Crippen molar-refractivity contribution in [3.8, 4) is 6.07 Å². The highest BCUT2D eigenvalue weighted by atomic mass is 16.7. The maximum Gasteiger partial charge on any atom is 0.258 e. The van der Waals surface area contributed by atoms with E-state index in [1.54, 1.807) is 6.20 Å². The molecule has 32 heavy (non-hydrogen) atoms. The smallest absolute Gasteiger partial charge is 0.258 e. The second kappa shape index (κ2) is 8.20. The zero-order chi connectivity index (χ0) is 22.2. The first-order chi connectivity index (χ1) is 15.6. The van der Waals surface area contributed by atoms with Gasteiger partial charge in [-0.25, -0.2) is 9.97 Å². The molecule has 10 heteroatoms. The molecule has 2 fully saturated rings. The first-order valence-electron chi connectivity index (χ1n) is 10.5. The van der Waals surface area contributed by atoms with E-state index in [4.69, 9.17) is 9.47 Å². The highest BCUT2D eigenvalue weighted by Crippen LogP contribution is 2.38. The molecule has 5 rings (SSSR count). The van der Waals surface area contributed by atoms with E-state index in [1.165, 1.54) is 0 Å². The summed E-state index contributed by atoms with van der Waals surface area (Å²) in [5, 5.41) is 19.3. The molecule has 2 bridgehead atoms. The van der Waals surface area contributed by atoms with Crippen LogP contribution in [0.25, 0.3) is 5.57 Å². The molecule has 3 N–H and O–H groups in total. The Labute approximate surface area is 185 Å². The van der Waals surface area contributed by atoms with E-state index in [-0.39, 0.29) is 18.0 Å². The van der Waals surface area contributed by atoms with Crippen LogP contribution in [0.15, 0.2) is 36.3 Å². The number of nitrogens with zero attached hydrogens (tertiary/aromatic N) is 4. The summed E-state index contributed by atoms with van der Waals surface area (Å²) in [7, 11) is 0. The molecule has 3 atom stereocenters. The van der Waals surface area contributed by atoms with Crippen molar-refractivity contribution in [2.45, 2.75) is 32.3 Å². The lowest BCUT2D eigenvalue weighted by atomic mass is 10.1. The molecule has 0 saturated carbocycles. The Morgan fingerprint density at radius 2 is 2.19 bits per heavy atom. The predicted molar refractivity (Wildman–Crippen MR) is 117 cm³/mol. The van der Waals surface area contributed by atoms with Crippen LogP contribution in [0.5, 0.6) is 0 Å². The molecular weight excluding hydrogens is 410 g/mol. The van der Waals surface area contributed by atoms with Crippen LogP contribution in [-0.2, 0) is 14.3 Å². The maximum absolute atomic E-state index is 12.8. The third-order valence-electron chi connectivity index (χ3n) is 5.70. The summed E-state index contributed by atoms with van der Waals surface area (Å²) in [5.41, 5.74) is 3.47. The number of aryl methyl sites for hydroxylation is 1. The van der Waals surface area contributed by atoms with Crippen LogP contribution in [0.4, 0.5) is 17.3 Å². The van der Waals surface area contributed by atoms with Crippen LogP contribution in [-0.4, -0.2) is 54.0 Å². The average molecular weight is 433 g/mol. The number of hydrogen-bond acceptors (Lipinski definition) is 9. The number of benzene rings is 1. The fraction of sp³-hybridized carbons (Fsp3) is 0.364. The van der Waals surface area contributed by atoms with Crippen molar-refractivity contribution in [3.05, 3.63) is 47.5 Å². The number of nitrogens with one attached hydrogen (secondary N) is 3. The predicted octanol–water partition coefficient (Wildman–Crippen LogP) is 1.58. The number of amides is 1. The van der Waals surface area contributed by atoms with E-state index in [1.807, 2.05) is 43.0 Å². The number of ether oxygens (including phenoxy) is 2. The van der Waals surface area contributed by atoms with Gasteiger partial charge in [-0.15, -0.1) is 0 Å². The summed E-state index contributed by atoms with van der Waals surface area (Å²) in [6.45, 7) is 5.62. The van der Waals surface area contributed by atoms with Crippen LogP contribution in [0.3, 0.4) is 0 Å². The molecule has 2 aromatic rings. The van der Waals surface area contributed by atoms with Crippen LogP contribution in [0, 0.1) is 18.3 Å². The fourth-order valence-electron chi connectivity index (χ4n) is 4.19. The summed E-state index contributed by atoms with van der Waals surface area (Å²) in [5.74, 6) is 0.395. The van der Waals surface area contributed by atoms with Gasteiger partial charge in [0.15, 0.2) is 12.4 Å². The normalized spacial score (nSPS) is 25.0. The van der Waals surface area contributed by atoms with Gasteiger partial charge in [-0.3, -0.25) is 10.1 Å². The summed E-state index contributed by atoms with van der Waals surface area (Å²) >= 11 is 0. The lowest BCUT2D eigenvalue weighted by molar-refractivity contribution is -0.127. The van der Waals surface area contributed by atoms with Crippen LogP contribution in [0.1, 0.15) is 18.2 Å². The molecule has 3 aliphatic rings. The highest BCUT2D eigenvalue weighted by Gasteiger charge is 2.43. The fourth-order valence-corrected chi connectivity index (χ4v) is 4.19. The Morgan fingerprint density at radius 1 is 1.34 bits per heavy atom. The molecule has 1 aromatic heterocycles. The molecular formula is C22H23N7O3. The van der Waals surface area contributed by atoms with Gasteiger partial charge in [-0.1, -0.05) is 12.1 Å². The van der Waals surface area contributed by atoms with Gasteiger partial charge < -0.3 is 25.0 Å². The van der Waals surface area contributed by atoms with E-state index >= 15 is 0 Å². The number of para-hydroxylation sites is 2. The lowest BCUT2D eigenvalue weighted by Gasteiger charge is -2.20. The van der Waals surface area contributed by atoms with Gasteiger partial charge in [-0.2, -0.15) is 5.26 Å². The molecule has 4 heterocycles. The number of hydrogen-bond donors (Lipinski definition) is 3. The van der Waals surface area contributed by atoms with E-state index in [2.05, 4.69) is 32.0 Å². The number of anilines is 3. The number of nitriles is 1. The van der Waals surface area contributed by atoms with Crippen molar-refractivity contribution in [3.63, 3.8) is 0 Å². The molecule has 1 unspecified atom stereocenters. The van der Waals surface area contributed by atoms with E-state index in [9.17, 15) is 10.1 Å². The van der Waals surface area contributed by atoms with Crippen molar-refractivity contribution in [1.82, 2.24) is 15.3 Å². The van der Waals surface area contributed by atoms with Crippen molar-refractivity contribution < 1.29 is 14.3 Å². The Kier molecular flexibility index (Phi) is 5.22. The zero-order valence-electron chi connectivity index (χ0n) is 17.8. The first kappa shape index (κ1) is 20.4. The van der Waals surface area contributed by atoms with Crippen molar-refractivity contribution in [2.75, 3.05) is 35.2 Å². The van der Waals surface area contributed by atoms with Crippen molar-refractivity contribution in [1.29, 1.82) is 5.26 Å². The van der Waals surface area contributed by atoms with Gasteiger partial charge in [0.25, 0.3) is 5.91 Å². The van der Waals surface area contributed by atoms with Crippen LogP contribution >= 0.6 is 0 Å². The molecule has 0 spiro atoms. The van der Waals surface area contributed by atoms with Gasteiger partial charge in [0.2, 0.25) is 5.95 Å². The minimum atomic E-state index is -0.737. The molecule has 0 radical (unpaired) electrons. The zero-order valence-corrected chi connectivity index (χ0v) is 17.8. The Bertz CT molecular complexity index is 1140. The summed E-state index contributed by atoms with van der Waals surface area (Å²) < 4.78 is 11.3. The molecule has 2 saturated heterocycles. The third-order valence-corrected chi connectivity index (χ3v) is 5.70. The number of carbonyl (C=O) groups excluding carboxylic acids is 1. The van der Waals surface area contributed by atoms with Gasteiger partial charge in [0, 0.05) is 25.8 Å². The maximum atomic E-state index is 12.8. The average Bonchev–Trinajstić information content (AvgIpc) is 3.32. The molecule has 1 amide bonds. The molecule has 1 aromatic carbocycles. The quantitative estimate of drug-likeness (QED) is 0.616. The SMILES string of the molecule is CCN1/C(=C(\C#N)c2nc(NC(=O)C3O[C@@H]4CNC[C@H]3O4)ncc2C)Nc2ccccc21. The van der Waals surface area contributed by atoms with Crippen LogP contribution < -0.4 is 20.9 Å². The van der Waals surface area contributed by atoms with E-state index in [0.717, 1.165) is 16.9 Å². The van der Waals surface area contributed by atoms with E-state index in [0.29, 0.717) is 36.7 Å². The lowest BCUT2D eigenvalue weighted by Crippen LogP contribution is -2.43. The molecule has 3 aliphatic heterocycles. The Hall–Kier alpha value is -3.52. The Morgan fingerprint density at radius 3 is 2.97 bits per heavy atom. The summed E-state index contributed by atoms with van der Waals surface area (Å²) in [4.78, 5) is 23.6. The highest BCUT2D eigenvalue weighted by molar-refractivity contribution is 5.94. The minimum Gasteiger partial charge on any atom is -0.343 e. The number of allylic oxidation sites excluding steroid dienone is 1. The topological polar surface area (TPSA) is 124 Å². The monoisotopic (exact) mass is 433 g/mol. The molecule has 0 aliphatic carbocycles. The largest absolute Gasteiger partial charge is 0.343 e. The van der Waals surface area contributed by atoms with Gasteiger partial charge in [-0.05, 0) is 31.5 Å². The van der Waals surface area contributed by atoms with Crippen molar-refractivity contribution in [2.24, 2.45) is 0 Å². The third kappa shape index (κ3) is 3.46. The first-order valence-corrected chi connectivity index (χ1v) is 10.5. The summed E-state index contributed by atoms with van der Waals surface area (Å²) in [6, 6.07) is 10.2. The number of rotatable bonds is 4. The standard InChI is InChI=1S/C22H23N7O3/c1-3-29-15-7-5-4-6-14(15)26-20(29)13(8-23)18-12(2)9-25-22(27-18)28-21(30)19-16-10-24-11-17(31-16)32-19/h4-7,9,16-17,19,24,26H,3,10-11H2,1-2H3,(H,25,27,28,30)/b20-13+/t16-,17-,19?/m1/s1. The second-order valence-corrected chi connectivity index (χ2v) is 7.76.